The average molecular weight is 272 g/mol. The molecule has 0 aliphatic carbocycles. The van der Waals surface area contributed by atoms with Crippen molar-refractivity contribution in [3.8, 4) is 0 Å². The fourth-order valence-electron chi connectivity index (χ4n) is 1.88. The molecule has 0 fully saturated rings. The Morgan fingerprint density at radius 3 is 2.65 bits per heavy atom. The largest absolute Gasteiger partial charge is 0.335 e. The molecule has 3 N–H and O–H groups in total. The SMILES string of the molecule is CC=CC(=O)Nc1ccc(C2=NNC(=O)NC2C)cc1. The lowest BCUT2D eigenvalue weighted by Gasteiger charge is -2.21. The molecule has 1 heterocycles. The van der Waals surface area contributed by atoms with Gasteiger partial charge in [0, 0.05) is 11.3 Å². The molecular formula is C14H16N4O2. The predicted molar refractivity (Wildman–Crippen MR) is 77.6 cm³/mol. The van der Waals surface area contributed by atoms with Gasteiger partial charge >= 0.3 is 6.03 Å². The van der Waals surface area contributed by atoms with Crippen molar-refractivity contribution in [1.29, 1.82) is 0 Å². The van der Waals surface area contributed by atoms with Crippen molar-refractivity contribution in [3.05, 3.63) is 42.0 Å². The van der Waals surface area contributed by atoms with Gasteiger partial charge in [0.1, 0.15) is 0 Å². The quantitative estimate of drug-likeness (QED) is 0.730. The molecule has 0 radical (unpaired) electrons. The van der Waals surface area contributed by atoms with E-state index in [9.17, 15) is 9.59 Å². The summed E-state index contributed by atoms with van der Waals surface area (Å²) in [6.45, 7) is 3.64. The van der Waals surface area contributed by atoms with E-state index in [-0.39, 0.29) is 18.0 Å². The fourth-order valence-corrected chi connectivity index (χ4v) is 1.88. The highest BCUT2D eigenvalue weighted by atomic mass is 16.2. The number of amides is 3. The number of carbonyl (C=O) groups is 2. The van der Waals surface area contributed by atoms with E-state index in [2.05, 4.69) is 21.2 Å². The lowest BCUT2D eigenvalue weighted by molar-refractivity contribution is -0.111. The number of anilines is 1. The number of carbonyl (C=O) groups excluding carboxylic acids is 2. The van der Waals surface area contributed by atoms with Gasteiger partial charge in [-0.2, -0.15) is 5.10 Å². The van der Waals surface area contributed by atoms with Crippen molar-refractivity contribution in [2.75, 3.05) is 5.32 Å². The molecule has 20 heavy (non-hydrogen) atoms. The zero-order chi connectivity index (χ0) is 14.5. The van der Waals surface area contributed by atoms with Crippen LogP contribution in [0.25, 0.3) is 0 Å². The summed E-state index contributed by atoms with van der Waals surface area (Å²) in [7, 11) is 0. The van der Waals surface area contributed by atoms with E-state index in [1.807, 2.05) is 19.1 Å². The van der Waals surface area contributed by atoms with Crippen LogP contribution in [0.4, 0.5) is 10.5 Å². The summed E-state index contributed by atoms with van der Waals surface area (Å²) in [5.74, 6) is -0.169. The van der Waals surface area contributed by atoms with Gasteiger partial charge in [0.15, 0.2) is 0 Å². The van der Waals surface area contributed by atoms with Gasteiger partial charge in [-0.1, -0.05) is 18.2 Å². The molecule has 1 aromatic rings. The molecule has 1 aromatic carbocycles. The third kappa shape index (κ3) is 3.23. The molecule has 0 saturated carbocycles. The number of benzene rings is 1. The van der Waals surface area contributed by atoms with E-state index >= 15 is 0 Å². The minimum absolute atomic E-state index is 0.160. The van der Waals surface area contributed by atoms with Crippen molar-refractivity contribution in [2.24, 2.45) is 5.10 Å². The number of hydrogen-bond acceptors (Lipinski definition) is 3. The van der Waals surface area contributed by atoms with Gasteiger partial charge in [0.25, 0.3) is 0 Å². The van der Waals surface area contributed by atoms with Gasteiger partial charge in [-0.25, -0.2) is 10.2 Å². The van der Waals surface area contributed by atoms with E-state index in [0.717, 1.165) is 11.3 Å². The number of urea groups is 1. The van der Waals surface area contributed by atoms with Crippen LogP contribution in [0.2, 0.25) is 0 Å². The second kappa shape index (κ2) is 6.01. The predicted octanol–water partition coefficient (Wildman–Crippen LogP) is 1.61. The summed E-state index contributed by atoms with van der Waals surface area (Å²) < 4.78 is 0. The summed E-state index contributed by atoms with van der Waals surface area (Å²) in [6.07, 6.45) is 3.14. The lowest BCUT2D eigenvalue weighted by Crippen LogP contribution is -2.48. The van der Waals surface area contributed by atoms with Gasteiger partial charge in [-0.15, -0.1) is 0 Å². The topological polar surface area (TPSA) is 82.6 Å². The molecule has 6 nitrogen and oxygen atoms in total. The molecular weight excluding hydrogens is 256 g/mol. The van der Waals surface area contributed by atoms with Gasteiger partial charge in [-0.05, 0) is 32.1 Å². The fraction of sp³-hybridized carbons (Fsp3) is 0.214. The molecule has 1 atom stereocenters. The summed E-state index contributed by atoms with van der Waals surface area (Å²) in [5.41, 5.74) is 4.72. The normalized spacial score (nSPS) is 18.2. The van der Waals surface area contributed by atoms with E-state index in [0.29, 0.717) is 5.69 Å². The first-order valence-electron chi connectivity index (χ1n) is 6.28. The Bertz CT molecular complexity index is 575. The van der Waals surface area contributed by atoms with Crippen molar-refractivity contribution in [1.82, 2.24) is 10.7 Å². The van der Waals surface area contributed by atoms with Gasteiger partial charge in [0.2, 0.25) is 5.91 Å². The van der Waals surface area contributed by atoms with Crippen molar-refractivity contribution in [2.45, 2.75) is 19.9 Å². The Hall–Kier alpha value is -2.63. The molecule has 1 aliphatic rings. The van der Waals surface area contributed by atoms with Gasteiger partial charge in [-0.3, -0.25) is 4.79 Å². The number of hydrogen-bond donors (Lipinski definition) is 3. The maximum atomic E-state index is 11.4. The van der Waals surface area contributed by atoms with Gasteiger partial charge in [0.05, 0.1) is 11.8 Å². The van der Waals surface area contributed by atoms with Crippen LogP contribution in [0.3, 0.4) is 0 Å². The van der Waals surface area contributed by atoms with Gasteiger partial charge < -0.3 is 10.6 Å². The van der Waals surface area contributed by atoms with E-state index in [4.69, 9.17) is 0 Å². The molecule has 1 aliphatic heterocycles. The molecule has 1 unspecified atom stereocenters. The molecule has 104 valence electrons. The zero-order valence-electron chi connectivity index (χ0n) is 11.3. The Balaban J connectivity index is 2.12. The monoisotopic (exact) mass is 272 g/mol. The van der Waals surface area contributed by atoms with Crippen LogP contribution in [0.5, 0.6) is 0 Å². The molecule has 2 rings (SSSR count). The molecule has 0 saturated heterocycles. The van der Waals surface area contributed by atoms with E-state index in [1.54, 1.807) is 25.1 Å². The van der Waals surface area contributed by atoms with Crippen LogP contribution >= 0.6 is 0 Å². The number of hydrazone groups is 1. The van der Waals surface area contributed by atoms with Crippen molar-refractivity contribution >= 4 is 23.3 Å². The van der Waals surface area contributed by atoms with E-state index < -0.39 is 0 Å². The Morgan fingerprint density at radius 2 is 2.05 bits per heavy atom. The summed E-state index contributed by atoms with van der Waals surface area (Å²) in [4.78, 5) is 22.5. The third-order valence-electron chi connectivity index (χ3n) is 2.80. The second-order valence-corrected chi connectivity index (χ2v) is 4.37. The van der Waals surface area contributed by atoms with Crippen LogP contribution < -0.4 is 16.1 Å². The highest BCUT2D eigenvalue weighted by Gasteiger charge is 2.20. The summed E-state index contributed by atoms with van der Waals surface area (Å²) in [6, 6.07) is 6.81. The number of allylic oxidation sites excluding steroid dienone is 1. The number of nitrogens with one attached hydrogen (secondary N) is 3. The smallest absolute Gasteiger partial charge is 0.328 e. The Morgan fingerprint density at radius 1 is 1.35 bits per heavy atom. The summed E-state index contributed by atoms with van der Waals surface area (Å²) >= 11 is 0. The minimum Gasteiger partial charge on any atom is -0.328 e. The number of nitrogens with zero attached hydrogens (tertiary/aromatic N) is 1. The van der Waals surface area contributed by atoms with Crippen molar-refractivity contribution < 1.29 is 9.59 Å². The van der Waals surface area contributed by atoms with Crippen LogP contribution in [-0.4, -0.2) is 23.7 Å². The first-order valence-corrected chi connectivity index (χ1v) is 6.28. The van der Waals surface area contributed by atoms with Crippen LogP contribution in [0, 0.1) is 0 Å². The standard InChI is InChI=1S/C14H16N4O2/c1-3-4-12(19)16-11-7-5-10(6-8-11)13-9(2)15-14(20)18-17-13/h3-9H,1-2H3,(H,16,19)(H2,15,18,20). The lowest BCUT2D eigenvalue weighted by atomic mass is 10.0. The molecule has 0 spiro atoms. The van der Waals surface area contributed by atoms with Crippen LogP contribution in [-0.2, 0) is 4.79 Å². The molecule has 0 bridgehead atoms. The maximum absolute atomic E-state index is 11.4. The molecule has 3 amide bonds. The number of rotatable bonds is 3. The minimum atomic E-state index is -0.309. The first-order chi connectivity index (χ1) is 9.60. The Kier molecular flexibility index (Phi) is 4.14. The highest BCUT2D eigenvalue weighted by Crippen LogP contribution is 2.13. The highest BCUT2D eigenvalue weighted by molar-refractivity contribution is 6.07. The van der Waals surface area contributed by atoms with Crippen LogP contribution in [0.15, 0.2) is 41.5 Å². The van der Waals surface area contributed by atoms with E-state index in [1.165, 1.54) is 6.08 Å². The molecule has 0 aromatic heterocycles. The summed E-state index contributed by atoms with van der Waals surface area (Å²) in [5, 5.41) is 9.51. The maximum Gasteiger partial charge on any atom is 0.335 e. The zero-order valence-corrected chi connectivity index (χ0v) is 11.3. The van der Waals surface area contributed by atoms with Crippen molar-refractivity contribution in [3.63, 3.8) is 0 Å². The second-order valence-electron chi connectivity index (χ2n) is 4.37. The molecule has 6 heteroatoms. The average Bonchev–Trinajstić information content (AvgIpc) is 2.40. The first kappa shape index (κ1) is 13.8. The van der Waals surface area contributed by atoms with Crippen LogP contribution in [0.1, 0.15) is 19.4 Å². The Labute approximate surface area is 116 Å². The third-order valence-corrected chi connectivity index (χ3v) is 2.80.